The lowest BCUT2D eigenvalue weighted by atomic mass is 9.75. The zero-order chi connectivity index (χ0) is 24.7. The van der Waals surface area contributed by atoms with Gasteiger partial charge in [0.25, 0.3) is 0 Å². The van der Waals surface area contributed by atoms with Crippen molar-refractivity contribution in [1.29, 1.82) is 0 Å². The predicted molar refractivity (Wildman–Crippen MR) is 130 cm³/mol. The van der Waals surface area contributed by atoms with E-state index in [-0.39, 0.29) is 32.0 Å². The molecule has 0 fully saturated rings. The molecule has 184 valence electrons. The minimum Gasteiger partial charge on any atom is -0.466 e. The zero-order valence-corrected chi connectivity index (χ0v) is 20.3. The van der Waals surface area contributed by atoms with Crippen LogP contribution < -0.4 is 4.90 Å². The number of fused-ring (bicyclic) bond motifs is 6. The summed E-state index contributed by atoms with van der Waals surface area (Å²) in [6.45, 7) is 6.15. The van der Waals surface area contributed by atoms with Gasteiger partial charge in [-0.05, 0) is 68.9 Å². The van der Waals surface area contributed by atoms with Crippen molar-refractivity contribution in [2.75, 3.05) is 24.7 Å². The molecule has 0 saturated heterocycles. The molecule has 3 aromatic rings. The highest BCUT2D eigenvalue weighted by molar-refractivity contribution is 6.13. The van der Waals surface area contributed by atoms with Crippen molar-refractivity contribution in [1.82, 2.24) is 15.2 Å². The Morgan fingerprint density at radius 2 is 1.77 bits per heavy atom. The standard InChI is InChI=1S/C26H30N4O5/c1-4-30-20-10-17-16-9-7-8-15-14-27-29-23(15)24(16)28-19(17)11-18(20)26(25(30)33,12-21(31)34-5-2)13-22(32)35-6-3/h10-11,14,28H,4-9,12-13H2,1-3H3,(H,27,29). The maximum Gasteiger partial charge on any atom is 0.307 e. The normalized spacial score (nSPS) is 16.0. The summed E-state index contributed by atoms with van der Waals surface area (Å²) in [7, 11) is 0. The van der Waals surface area contributed by atoms with Crippen molar-refractivity contribution in [3.63, 3.8) is 0 Å². The summed E-state index contributed by atoms with van der Waals surface area (Å²) < 4.78 is 10.4. The highest BCUT2D eigenvalue weighted by Gasteiger charge is 2.54. The van der Waals surface area contributed by atoms with Crippen LogP contribution in [0.5, 0.6) is 0 Å². The number of aromatic nitrogens is 3. The Kier molecular flexibility index (Phi) is 5.86. The fourth-order valence-corrected chi connectivity index (χ4v) is 5.66. The van der Waals surface area contributed by atoms with E-state index < -0.39 is 17.4 Å². The topological polar surface area (TPSA) is 117 Å². The first-order valence-corrected chi connectivity index (χ1v) is 12.3. The number of nitrogens with zero attached hydrogens (tertiary/aromatic N) is 2. The third kappa shape index (κ3) is 3.61. The molecule has 2 aliphatic rings. The van der Waals surface area contributed by atoms with E-state index in [9.17, 15) is 14.4 Å². The summed E-state index contributed by atoms with van der Waals surface area (Å²) in [5, 5.41) is 8.40. The summed E-state index contributed by atoms with van der Waals surface area (Å²) in [6, 6.07) is 3.96. The molecule has 0 bridgehead atoms. The van der Waals surface area contributed by atoms with Gasteiger partial charge >= 0.3 is 11.9 Å². The Bertz CT molecular complexity index is 1300. The largest absolute Gasteiger partial charge is 0.466 e. The molecular formula is C26H30N4O5. The number of carbonyl (C=O) groups is 3. The molecule has 0 radical (unpaired) electrons. The maximum absolute atomic E-state index is 13.9. The minimum absolute atomic E-state index is 0.196. The lowest BCUT2D eigenvalue weighted by Gasteiger charge is -2.27. The van der Waals surface area contributed by atoms with Crippen LogP contribution in [0.3, 0.4) is 0 Å². The minimum atomic E-state index is -1.38. The smallest absolute Gasteiger partial charge is 0.307 e. The van der Waals surface area contributed by atoms with Gasteiger partial charge in [-0.1, -0.05) is 0 Å². The van der Waals surface area contributed by atoms with E-state index in [0.717, 1.165) is 47.2 Å². The lowest BCUT2D eigenvalue weighted by Crippen LogP contribution is -2.44. The van der Waals surface area contributed by atoms with E-state index in [1.54, 1.807) is 18.7 Å². The highest BCUT2D eigenvalue weighted by Crippen LogP contribution is 2.49. The number of aromatic amines is 2. The van der Waals surface area contributed by atoms with Crippen LogP contribution in [-0.4, -0.2) is 52.8 Å². The van der Waals surface area contributed by atoms with E-state index in [2.05, 4.69) is 15.2 Å². The molecule has 0 saturated carbocycles. The second kappa shape index (κ2) is 8.87. The van der Waals surface area contributed by atoms with E-state index >= 15 is 0 Å². The number of hydrogen-bond acceptors (Lipinski definition) is 6. The molecule has 0 unspecified atom stereocenters. The molecule has 1 aliphatic carbocycles. The van der Waals surface area contributed by atoms with Crippen LogP contribution in [-0.2, 0) is 42.1 Å². The number of nitrogens with one attached hydrogen (secondary N) is 2. The predicted octanol–water partition coefficient (Wildman–Crippen LogP) is 3.56. The number of benzene rings is 1. The zero-order valence-electron chi connectivity index (χ0n) is 20.3. The monoisotopic (exact) mass is 478 g/mol. The first-order chi connectivity index (χ1) is 16.9. The summed E-state index contributed by atoms with van der Waals surface area (Å²) in [5.41, 5.74) is 5.22. The molecule has 1 amide bonds. The van der Waals surface area contributed by atoms with Crippen molar-refractivity contribution in [3.05, 3.63) is 35.0 Å². The molecular weight excluding hydrogens is 448 g/mol. The number of esters is 2. The van der Waals surface area contributed by atoms with E-state index in [4.69, 9.17) is 9.47 Å². The van der Waals surface area contributed by atoms with Gasteiger partial charge in [-0.3, -0.25) is 19.5 Å². The average molecular weight is 479 g/mol. The Labute approximate surface area is 203 Å². The summed E-state index contributed by atoms with van der Waals surface area (Å²) in [5.74, 6) is -1.30. The van der Waals surface area contributed by atoms with Crippen molar-refractivity contribution in [2.24, 2.45) is 0 Å². The van der Waals surface area contributed by atoms with Gasteiger partial charge in [0.15, 0.2) is 0 Å². The Morgan fingerprint density at radius 3 is 2.43 bits per heavy atom. The van der Waals surface area contributed by atoms with E-state index in [1.807, 2.05) is 25.3 Å². The second-order valence-electron chi connectivity index (χ2n) is 9.11. The van der Waals surface area contributed by atoms with Crippen LogP contribution in [0.25, 0.3) is 22.3 Å². The lowest BCUT2D eigenvalue weighted by molar-refractivity contribution is -0.151. The summed E-state index contributed by atoms with van der Waals surface area (Å²) >= 11 is 0. The molecule has 9 nitrogen and oxygen atoms in total. The quantitative estimate of drug-likeness (QED) is 0.502. The van der Waals surface area contributed by atoms with Crippen molar-refractivity contribution in [3.8, 4) is 11.4 Å². The van der Waals surface area contributed by atoms with Gasteiger partial charge in [-0.25, -0.2) is 0 Å². The fraction of sp³-hybridized carbons (Fsp3) is 0.462. The van der Waals surface area contributed by atoms with Gasteiger partial charge in [0.1, 0.15) is 0 Å². The SMILES string of the molecule is CCOC(=O)CC1(CC(=O)OCC)C(=O)N(CC)c2cc3c4c([nH]c3cc21)-c1[nH]ncc1CCC4. The molecule has 1 aliphatic heterocycles. The van der Waals surface area contributed by atoms with Crippen LogP contribution in [0.2, 0.25) is 0 Å². The van der Waals surface area contributed by atoms with Crippen molar-refractivity contribution in [2.45, 2.75) is 58.3 Å². The molecule has 5 rings (SSSR count). The number of H-pyrrole nitrogens is 2. The molecule has 3 heterocycles. The van der Waals surface area contributed by atoms with Crippen molar-refractivity contribution < 1.29 is 23.9 Å². The number of amides is 1. The van der Waals surface area contributed by atoms with Crippen molar-refractivity contribution >= 4 is 34.4 Å². The van der Waals surface area contributed by atoms with E-state index in [0.29, 0.717) is 12.1 Å². The first-order valence-electron chi connectivity index (χ1n) is 12.3. The molecule has 1 aromatic carbocycles. The Hall–Kier alpha value is -3.62. The highest BCUT2D eigenvalue weighted by atomic mass is 16.5. The van der Waals surface area contributed by atoms with Gasteiger partial charge in [0, 0.05) is 23.1 Å². The Balaban J connectivity index is 1.71. The number of rotatable bonds is 7. The van der Waals surface area contributed by atoms with E-state index in [1.165, 1.54) is 11.1 Å². The van der Waals surface area contributed by atoms with Crippen LogP contribution in [0, 0.1) is 0 Å². The second-order valence-corrected chi connectivity index (χ2v) is 9.11. The van der Waals surface area contributed by atoms with Gasteiger partial charge in [-0.15, -0.1) is 0 Å². The number of aryl methyl sites for hydroxylation is 2. The van der Waals surface area contributed by atoms with Gasteiger partial charge in [0.2, 0.25) is 5.91 Å². The van der Waals surface area contributed by atoms with Crippen LogP contribution >= 0.6 is 0 Å². The molecule has 2 aromatic heterocycles. The van der Waals surface area contributed by atoms with Gasteiger partial charge in [0.05, 0.1) is 49.1 Å². The molecule has 9 heteroatoms. The van der Waals surface area contributed by atoms with Crippen LogP contribution in [0.4, 0.5) is 5.69 Å². The average Bonchev–Trinajstić information content (AvgIpc) is 3.44. The molecule has 2 N–H and O–H groups in total. The van der Waals surface area contributed by atoms with Crippen LogP contribution in [0.15, 0.2) is 18.3 Å². The molecule has 35 heavy (non-hydrogen) atoms. The Morgan fingerprint density at radius 1 is 1.06 bits per heavy atom. The molecule has 0 atom stereocenters. The maximum atomic E-state index is 13.9. The van der Waals surface area contributed by atoms with Gasteiger partial charge in [-0.2, -0.15) is 5.10 Å². The number of ether oxygens (including phenoxy) is 2. The molecule has 0 spiro atoms. The number of likely N-dealkylation sites (N-methyl/N-ethyl adjacent to an activating group) is 1. The third-order valence-electron chi connectivity index (χ3n) is 7.14. The van der Waals surface area contributed by atoms with Crippen LogP contribution in [0.1, 0.15) is 56.7 Å². The summed E-state index contributed by atoms with van der Waals surface area (Å²) in [6.07, 6.45) is 4.26. The number of hydrogen-bond donors (Lipinski definition) is 2. The third-order valence-corrected chi connectivity index (χ3v) is 7.14. The fourth-order valence-electron chi connectivity index (χ4n) is 5.66. The summed E-state index contributed by atoms with van der Waals surface area (Å²) in [4.78, 5) is 44.5. The number of carbonyl (C=O) groups excluding carboxylic acids is 3. The van der Waals surface area contributed by atoms with Gasteiger partial charge < -0.3 is 19.4 Å². The first kappa shape index (κ1) is 23.1. The number of anilines is 1.